The number of nitrogen functional groups attached to an aromatic ring is 2. The minimum absolute atomic E-state index is 0.0116. The number of aromatic nitrogens is 2. The smallest absolute Gasteiger partial charge is 0.221 e. The van der Waals surface area contributed by atoms with Crippen molar-refractivity contribution in [1.82, 2.24) is 9.97 Å². The molecule has 0 saturated heterocycles. The Kier molecular flexibility index (Phi) is 4.27. The van der Waals surface area contributed by atoms with Crippen molar-refractivity contribution in [2.75, 3.05) is 25.7 Å². The Morgan fingerprint density at radius 2 is 1.95 bits per heavy atom. The molecule has 21 heavy (non-hydrogen) atoms. The van der Waals surface area contributed by atoms with Crippen LogP contribution in [0.3, 0.4) is 0 Å². The van der Waals surface area contributed by atoms with E-state index in [1.54, 1.807) is 12.1 Å². The summed E-state index contributed by atoms with van der Waals surface area (Å²) >= 11 is 3.33. The molecule has 4 N–H and O–H groups in total. The van der Waals surface area contributed by atoms with Gasteiger partial charge in [-0.15, -0.1) is 0 Å². The van der Waals surface area contributed by atoms with Gasteiger partial charge in [-0.2, -0.15) is 4.98 Å². The van der Waals surface area contributed by atoms with Crippen molar-refractivity contribution in [2.45, 2.75) is 0 Å². The average Bonchev–Trinajstić information content (AvgIpc) is 2.45. The first-order chi connectivity index (χ1) is 9.97. The van der Waals surface area contributed by atoms with Crippen molar-refractivity contribution < 1.29 is 14.3 Å². The lowest BCUT2D eigenvalue weighted by atomic mass is 10.0. The molecule has 0 radical (unpaired) electrons. The SMILES string of the molecule is COc1cc(C(=O)c2cnc(N)nc2N)cc(Br)c1OC. The van der Waals surface area contributed by atoms with Crippen molar-refractivity contribution in [3.8, 4) is 11.5 Å². The third kappa shape index (κ3) is 2.89. The van der Waals surface area contributed by atoms with E-state index in [-0.39, 0.29) is 23.1 Å². The Morgan fingerprint density at radius 3 is 2.52 bits per heavy atom. The number of nitrogens with two attached hydrogens (primary N) is 2. The number of ketones is 1. The molecule has 1 aromatic heterocycles. The number of ether oxygens (including phenoxy) is 2. The van der Waals surface area contributed by atoms with Gasteiger partial charge in [-0.25, -0.2) is 4.98 Å². The van der Waals surface area contributed by atoms with Crippen molar-refractivity contribution in [3.63, 3.8) is 0 Å². The molecule has 0 fully saturated rings. The first-order valence-electron chi connectivity index (χ1n) is 5.82. The number of benzene rings is 1. The molecule has 1 heterocycles. The predicted molar refractivity (Wildman–Crippen MR) is 81.5 cm³/mol. The summed E-state index contributed by atoms with van der Waals surface area (Å²) in [6, 6.07) is 3.17. The molecule has 0 aliphatic carbocycles. The van der Waals surface area contributed by atoms with E-state index in [2.05, 4.69) is 25.9 Å². The van der Waals surface area contributed by atoms with Crippen molar-refractivity contribution in [3.05, 3.63) is 33.9 Å². The quantitative estimate of drug-likeness (QED) is 0.804. The predicted octanol–water partition coefficient (Wildman–Crippen LogP) is 1.65. The lowest BCUT2D eigenvalue weighted by Crippen LogP contribution is -2.10. The molecule has 0 aliphatic rings. The Morgan fingerprint density at radius 1 is 1.24 bits per heavy atom. The molecule has 0 saturated carbocycles. The maximum atomic E-state index is 12.5. The van der Waals surface area contributed by atoms with Crippen LogP contribution >= 0.6 is 15.9 Å². The maximum Gasteiger partial charge on any atom is 0.221 e. The molecule has 8 heteroatoms. The normalized spacial score (nSPS) is 10.2. The topological polar surface area (TPSA) is 113 Å². The monoisotopic (exact) mass is 352 g/mol. The van der Waals surface area contributed by atoms with E-state index in [0.29, 0.717) is 21.5 Å². The Hall–Kier alpha value is -2.35. The zero-order valence-electron chi connectivity index (χ0n) is 11.4. The summed E-state index contributed by atoms with van der Waals surface area (Å²) in [6.45, 7) is 0. The van der Waals surface area contributed by atoms with Gasteiger partial charge in [0, 0.05) is 11.8 Å². The molecule has 110 valence electrons. The minimum atomic E-state index is -0.339. The van der Waals surface area contributed by atoms with Gasteiger partial charge in [0.2, 0.25) is 5.95 Å². The highest BCUT2D eigenvalue weighted by Crippen LogP contribution is 2.37. The molecule has 0 atom stereocenters. The number of nitrogens with zero attached hydrogens (tertiary/aromatic N) is 2. The van der Waals surface area contributed by atoms with Crippen LogP contribution in [0.4, 0.5) is 11.8 Å². The lowest BCUT2D eigenvalue weighted by Gasteiger charge is -2.12. The Labute approximate surface area is 129 Å². The van der Waals surface area contributed by atoms with E-state index in [0.717, 1.165) is 0 Å². The van der Waals surface area contributed by atoms with Crippen LogP contribution in [0.25, 0.3) is 0 Å². The van der Waals surface area contributed by atoms with E-state index in [9.17, 15) is 4.79 Å². The van der Waals surface area contributed by atoms with E-state index in [1.165, 1.54) is 20.4 Å². The van der Waals surface area contributed by atoms with Crippen molar-refractivity contribution in [2.24, 2.45) is 0 Å². The van der Waals surface area contributed by atoms with E-state index >= 15 is 0 Å². The molecule has 2 aromatic rings. The molecule has 0 spiro atoms. The van der Waals surface area contributed by atoms with Crippen LogP contribution in [0.2, 0.25) is 0 Å². The fourth-order valence-corrected chi connectivity index (χ4v) is 2.39. The summed E-state index contributed by atoms with van der Waals surface area (Å²) in [5.41, 5.74) is 11.7. The second kappa shape index (κ2) is 5.96. The van der Waals surface area contributed by atoms with Crippen LogP contribution in [-0.4, -0.2) is 30.0 Å². The van der Waals surface area contributed by atoms with Gasteiger partial charge in [0.05, 0.1) is 24.3 Å². The third-order valence-electron chi connectivity index (χ3n) is 2.78. The van der Waals surface area contributed by atoms with Gasteiger partial charge >= 0.3 is 0 Å². The van der Waals surface area contributed by atoms with Gasteiger partial charge in [-0.3, -0.25) is 4.79 Å². The second-order valence-corrected chi connectivity index (χ2v) is 4.90. The molecular weight excluding hydrogens is 340 g/mol. The summed E-state index contributed by atoms with van der Waals surface area (Å²) in [6.07, 6.45) is 1.30. The van der Waals surface area contributed by atoms with E-state index in [1.807, 2.05) is 0 Å². The van der Waals surface area contributed by atoms with Crippen molar-refractivity contribution >= 4 is 33.5 Å². The fraction of sp³-hybridized carbons (Fsp3) is 0.154. The highest BCUT2D eigenvalue weighted by molar-refractivity contribution is 9.10. The fourth-order valence-electron chi connectivity index (χ4n) is 1.79. The molecule has 0 bridgehead atoms. The summed E-state index contributed by atoms with van der Waals surface area (Å²) in [4.78, 5) is 20.0. The van der Waals surface area contributed by atoms with E-state index < -0.39 is 0 Å². The first-order valence-corrected chi connectivity index (χ1v) is 6.61. The summed E-state index contributed by atoms with van der Waals surface area (Å²) in [5.74, 6) is 0.617. The van der Waals surface area contributed by atoms with Crippen LogP contribution in [0.5, 0.6) is 11.5 Å². The van der Waals surface area contributed by atoms with Crippen LogP contribution in [0.15, 0.2) is 22.8 Å². The standard InChI is InChI=1S/C13H13BrN4O3/c1-20-9-4-6(3-8(14)11(9)21-2)10(19)7-5-17-13(16)18-12(7)15/h3-5H,1-2H3,(H4,15,16,17,18). The average molecular weight is 353 g/mol. The second-order valence-electron chi connectivity index (χ2n) is 4.05. The molecule has 1 aromatic carbocycles. The van der Waals surface area contributed by atoms with E-state index in [4.69, 9.17) is 20.9 Å². The molecule has 0 unspecified atom stereocenters. The van der Waals surface area contributed by atoms with Crippen molar-refractivity contribution in [1.29, 1.82) is 0 Å². The zero-order valence-corrected chi connectivity index (χ0v) is 13.0. The zero-order chi connectivity index (χ0) is 15.6. The Balaban J connectivity index is 2.51. The maximum absolute atomic E-state index is 12.5. The number of hydrogen-bond donors (Lipinski definition) is 2. The van der Waals surface area contributed by atoms with Crippen LogP contribution in [0.1, 0.15) is 15.9 Å². The van der Waals surface area contributed by atoms with Crippen LogP contribution in [0, 0.1) is 0 Å². The summed E-state index contributed by atoms with van der Waals surface area (Å²) < 4.78 is 11.0. The number of anilines is 2. The summed E-state index contributed by atoms with van der Waals surface area (Å²) in [5, 5.41) is 0. The number of methoxy groups -OCH3 is 2. The molecule has 7 nitrogen and oxygen atoms in total. The molecule has 0 aliphatic heterocycles. The summed E-state index contributed by atoms with van der Waals surface area (Å²) in [7, 11) is 3.00. The van der Waals surface area contributed by atoms with Gasteiger partial charge in [-0.05, 0) is 28.1 Å². The van der Waals surface area contributed by atoms with Crippen LogP contribution in [-0.2, 0) is 0 Å². The first kappa shape index (κ1) is 15.0. The Bertz CT molecular complexity index is 706. The van der Waals surface area contributed by atoms with Gasteiger partial charge in [-0.1, -0.05) is 0 Å². The number of rotatable bonds is 4. The number of halogens is 1. The molecule has 2 rings (SSSR count). The largest absolute Gasteiger partial charge is 0.493 e. The third-order valence-corrected chi connectivity index (χ3v) is 3.37. The number of carbonyl (C=O) groups is 1. The van der Waals surface area contributed by atoms with Crippen LogP contribution < -0.4 is 20.9 Å². The highest BCUT2D eigenvalue weighted by atomic mass is 79.9. The number of carbonyl (C=O) groups excluding carboxylic acids is 1. The number of hydrogen-bond acceptors (Lipinski definition) is 7. The van der Waals surface area contributed by atoms with Gasteiger partial charge in [0.15, 0.2) is 17.3 Å². The van der Waals surface area contributed by atoms with Gasteiger partial charge in [0.1, 0.15) is 5.82 Å². The highest BCUT2D eigenvalue weighted by Gasteiger charge is 2.19. The van der Waals surface area contributed by atoms with Gasteiger partial charge < -0.3 is 20.9 Å². The van der Waals surface area contributed by atoms with Gasteiger partial charge in [0.25, 0.3) is 0 Å². The lowest BCUT2D eigenvalue weighted by molar-refractivity contribution is 0.103. The molecular formula is C13H13BrN4O3. The molecule has 0 amide bonds. The minimum Gasteiger partial charge on any atom is -0.493 e.